The van der Waals surface area contributed by atoms with Crippen LogP contribution in [0.1, 0.15) is 51.5 Å². The number of Topliss-reactive ketones (excluding diaryl/α,β-unsaturated/α-hetero) is 1. The molecule has 0 saturated heterocycles. The van der Waals surface area contributed by atoms with Gasteiger partial charge in [-0.2, -0.15) is 0 Å². The van der Waals surface area contributed by atoms with Crippen LogP contribution in [0, 0.1) is 0 Å². The van der Waals surface area contributed by atoms with Gasteiger partial charge in [-0.3, -0.25) is 4.79 Å². The lowest BCUT2D eigenvalue weighted by Crippen LogP contribution is -2.26. The van der Waals surface area contributed by atoms with E-state index in [9.17, 15) is 4.79 Å². The lowest BCUT2D eigenvalue weighted by atomic mass is 10.0. The minimum absolute atomic E-state index is 0.216. The molecule has 1 atom stereocenters. The second-order valence-electron chi connectivity index (χ2n) is 4.98. The van der Waals surface area contributed by atoms with Gasteiger partial charge in [0, 0.05) is 13.0 Å². The Hall–Kier alpha value is -1.15. The zero-order valence-corrected chi connectivity index (χ0v) is 12.2. The summed E-state index contributed by atoms with van der Waals surface area (Å²) in [5.74, 6) is 0.218. The molecule has 0 radical (unpaired) electrons. The number of hydrogen-bond acceptors (Lipinski definition) is 2. The molecule has 1 rings (SSSR count). The Kier molecular flexibility index (Phi) is 8.15. The van der Waals surface area contributed by atoms with Crippen LogP contribution in [0.2, 0.25) is 0 Å². The summed E-state index contributed by atoms with van der Waals surface area (Å²) in [5.41, 5.74) is 1.08. The first-order valence-corrected chi connectivity index (χ1v) is 7.46. The molecule has 0 amide bonds. The summed E-state index contributed by atoms with van der Waals surface area (Å²) < 4.78 is 5.72. The van der Waals surface area contributed by atoms with Gasteiger partial charge in [0.1, 0.15) is 6.10 Å². The number of ether oxygens (including phenoxy) is 1. The number of carbonyl (C=O) groups excluding carboxylic acids is 1. The van der Waals surface area contributed by atoms with Crippen LogP contribution in [-0.2, 0) is 16.0 Å². The van der Waals surface area contributed by atoms with E-state index in [0.29, 0.717) is 13.0 Å². The maximum atomic E-state index is 12.3. The van der Waals surface area contributed by atoms with Gasteiger partial charge < -0.3 is 4.74 Å². The van der Waals surface area contributed by atoms with Crippen molar-refractivity contribution in [2.24, 2.45) is 0 Å². The number of benzene rings is 1. The maximum absolute atomic E-state index is 12.3. The molecule has 0 aliphatic rings. The number of unbranched alkanes of at least 4 members (excludes halogenated alkanes) is 2. The van der Waals surface area contributed by atoms with Gasteiger partial charge in [-0.1, -0.05) is 63.4 Å². The topological polar surface area (TPSA) is 26.3 Å². The van der Waals surface area contributed by atoms with E-state index in [1.807, 2.05) is 30.3 Å². The van der Waals surface area contributed by atoms with Crippen molar-refractivity contribution in [3.63, 3.8) is 0 Å². The first-order valence-electron chi connectivity index (χ1n) is 7.46. The van der Waals surface area contributed by atoms with E-state index in [0.717, 1.165) is 24.8 Å². The van der Waals surface area contributed by atoms with E-state index >= 15 is 0 Å². The van der Waals surface area contributed by atoms with E-state index in [1.54, 1.807) is 0 Å². The Bertz CT molecular complexity index is 346. The third-order valence-corrected chi connectivity index (χ3v) is 3.17. The van der Waals surface area contributed by atoms with Gasteiger partial charge in [-0.05, 0) is 18.4 Å². The molecule has 106 valence electrons. The van der Waals surface area contributed by atoms with Gasteiger partial charge in [-0.15, -0.1) is 0 Å². The van der Waals surface area contributed by atoms with E-state index < -0.39 is 0 Å². The van der Waals surface area contributed by atoms with Gasteiger partial charge in [0.25, 0.3) is 0 Å². The summed E-state index contributed by atoms with van der Waals surface area (Å²) in [6.45, 7) is 4.93. The molecule has 0 heterocycles. The Labute approximate surface area is 117 Å². The molecule has 1 aromatic carbocycles. The first kappa shape index (κ1) is 15.9. The summed E-state index contributed by atoms with van der Waals surface area (Å²) in [6.07, 6.45) is 5.51. The van der Waals surface area contributed by atoms with Crippen LogP contribution in [-0.4, -0.2) is 18.5 Å². The van der Waals surface area contributed by atoms with E-state index in [1.165, 1.54) is 12.8 Å². The van der Waals surface area contributed by atoms with Crippen LogP contribution < -0.4 is 0 Å². The monoisotopic (exact) mass is 262 g/mol. The molecule has 0 aliphatic carbocycles. The summed E-state index contributed by atoms with van der Waals surface area (Å²) in [5, 5.41) is 0. The molecule has 1 aromatic rings. The summed E-state index contributed by atoms with van der Waals surface area (Å²) in [4.78, 5) is 12.3. The van der Waals surface area contributed by atoms with E-state index in [4.69, 9.17) is 4.74 Å². The summed E-state index contributed by atoms with van der Waals surface area (Å²) in [7, 11) is 0. The third-order valence-electron chi connectivity index (χ3n) is 3.17. The lowest BCUT2D eigenvalue weighted by Gasteiger charge is -2.16. The minimum Gasteiger partial charge on any atom is -0.370 e. The highest BCUT2D eigenvalue weighted by Crippen LogP contribution is 2.12. The van der Waals surface area contributed by atoms with Crippen molar-refractivity contribution in [1.29, 1.82) is 0 Å². The van der Waals surface area contributed by atoms with Gasteiger partial charge in [0.15, 0.2) is 5.78 Å². The average molecular weight is 262 g/mol. The molecule has 1 unspecified atom stereocenters. The quantitative estimate of drug-likeness (QED) is 0.591. The Morgan fingerprint density at radius 2 is 1.84 bits per heavy atom. The molecule has 0 spiro atoms. The highest BCUT2D eigenvalue weighted by molar-refractivity contribution is 5.85. The normalized spacial score (nSPS) is 12.3. The highest BCUT2D eigenvalue weighted by Gasteiger charge is 2.18. The molecular weight excluding hydrogens is 236 g/mol. The second-order valence-corrected chi connectivity index (χ2v) is 4.98. The predicted octanol–water partition coefficient (Wildman–Crippen LogP) is 4.17. The fraction of sp³-hybridized carbons (Fsp3) is 0.588. The van der Waals surface area contributed by atoms with Gasteiger partial charge in [0.2, 0.25) is 0 Å². The van der Waals surface area contributed by atoms with Crippen LogP contribution in [0.15, 0.2) is 30.3 Å². The second kappa shape index (κ2) is 9.74. The van der Waals surface area contributed by atoms with Crippen LogP contribution in [0.5, 0.6) is 0 Å². The average Bonchev–Trinajstić information content (AvgIpc) is 2.43. The summed E-state index contributed by atoms with van der Waals surface area (Å²) >= 11 is 0. The van der Waals surface area contributed by atoms with Crippen molar-refractivity contribution in [3.8, 4) is 0 Å². The van der Waals surface area contributed by atoms with Crippen molar-refractivity contribution in [3.05, 3.63) is 35.9 Å². The lowest BCUT2D eigenvalue weighted by molar-refractivity contribution is -0.130. The molecule has 0 fully saturated rings. The number of hydrogen-bond donors (Lipinski definition) is 0. The van der Waals surface area contributed by atoms with Crippen molar-refractivity contribution in [2.45, 2.75) is 58.5 Å². The highest BCUT2D eigenvalue weighted by atomic mass is 16.5. The van der Waals surface area contributed by atoms with Crippen LogP contribution >= 0.6 is 0 Å². The SMILES string of the molecule is CCCCCC(OCCC)C(=O)Cc1ccccc1. The fourth-order valence-corrected chi connectivity index (χ4v) is 2.09. The van der Waals surface area contributed by atoms with Crippen LogP contribution in [0.4, 0.5) is 0 Å². The van der Waals surface area contributed by atoms with Crippen LogP contribution in [0.3, 0.4) is 0 Å². The molecule has 0 saturated carbocycles. The number of ketones is 1. The van der Waals surface area contributed by atoms with E-state index in [2.05, 4.69) is 13.8 Å². The zero-order chi connectivity index (χ0) is 13.9. The van der Waals surface area contributed by atoms with Crippen molar-refractivity contribution in [2.75, 3.05) is 6.61 Å². The van der Waals surface area contributed by atoms with Crippen LogP contribution in [0.25, 0.3) is 0 Å². The first-order chi connectivity index (χ1) is 9.27. The molecule has 0 bridgehead atoms. The molecular formula is C17H26O2. The number of rotatable bonds is 10. The standard InChI is InChI=1S/C17H26O2/c1-3-5-7-12-17(19-13-4-2)16(18)14-15-10-8-6-9-11-15/h6,8-11,17H,3-5,7,12-14H2,1-2H3. The molecule has 19 heavy (non-hydrogen) atoms. The maximum Gasteiger partial charge on any atom is 0.165 e. The predicted molar refractivity (Wildman–Crippen MR) is 79.3 cm³/mol. The fourth-order valence-electron chi connectivity index (χ4n) is 2.09. The molecule has 0 N–H and O–H groups in total. The summed E-state index contributed by atoms with van der Waals surface area (Å²) in [6, 6.07) is 9.92. The largest absolute Gasteiger partial charge is 0.370 e. The smallest absolute Gasteiger partial charge is 0.165 e. The van der Waals surface area contributed by atoms with Crippen molar-refractivity contribution >= 4 is 5.78 Å². The number of carbonyl (C=O) groups is 1. The molecule has 0 aromatic heterocycles. The molecule has 2 heteroatoms. The van der Waals surface area contributed by atoms with Crippen molar-refractivity contribution < 1.29 is 9.53 Å². The van der Waals surface area contributed by atoms with E-state index in [-0.39, 0.29) is 11.9 Å². The Morgan fingerprint density at radius 1 is 1.11 bits per heavy atom. The van der Waals surface area contributed by atoms with Gasteiger partial charge in [-0.25, -0.2) is 0 Å². The Balaban J connectivity index is 2.49. The van der Waals surface area contributed by atoms with Gasteiger partial charge >= 0.3 is 0 Å². The van der Waals surface area contributed by atoms with Crippen molar-refractivity contribution in [1.82, 2.24) is 0 Å². The molecule has 0 aliphatic heterocycles. The Morgan fingerprint density at radius 3 is 2.47 bits per heavy atom. The minimum atomic E-state index is -0.216. The van der Waals surface area contributed by atoms with Gasteiger partial charge in [0.05, 0.1) is 0 Å². The molecule has 2 nitrogen and oxygen atoms in total. The zero-order valence-electron chi connectivity index (χ0n) is 12.2. The third kappa shape index (κ3) is 6.53.